The molecule has 1 fully saturated rings. The third-order valence-electron chi connectivity index (χ3n) is 5.00. The summed E-state index contributed by atoms with van der Waals surface area (Å²) in [6, 6.07) is 3.79. The second kappa shape index (κ2) is 6.02. The van der Waals surface area contributed by atoms with E-state index < -0.39 is 29.6 Å². The Balaban J connectivity index is 1.79. The number of aromatic nitrogens is 1. The van der Waals surface area contributed by atoms with Gasteiger partial charge in [0.15, 0.2) is 0 Å². The minimum absolute atomic E-state index is 0.0676. The van der Waals surface area contributed by atoms with Crippen LogP contribution < -0.4 is 5.32 Å². The van der Waals surface area contributed by atoms with Gasteiger partial charge in [-0.2, -0.15) is 13.2 Å². The van der Waals surface area contributed by atoms with E-state index in [1.54, 1.807) is 17.5 Å². The summed E-state index contributed by atoms with van der Waals surface area (Å²) in [6.07, 6.45) is -3.45. The predicted octanol–water partition coefficient (Wildman–Crippen LogP) is 4.60. The van der Waals surface area contributed by atoms with E-state index in [1.165, 1.54) is 16.2 Å². The summed E-state index contributed by atoms with van der Waals surface area (Å²) in [4.78, 5) is 32.1. The summed E-state index contributed by atoms with van der Waals surface area (Å²) in [5.41, 5.74) is -0.764. The molecule has 5 nitrogen and oxygen atoms in total. The van der Waals surface area contributed by atoms with Crippen molar-refractivity contribution in [3.63, 3.8) is 0 Å². The number of alkyl halides is 3. The minimum Gasteiger partial charge on any atom is -0.326 e. The second-order valence-corrected chi connectivity index (χ2v) is 8.61. The Morgan fingerprint density at radius 3 is 2.82 bits per heavy atom. The Hall–Kier alpha value is -2.46. The van der Waals surface area contributed by atoms with Gasteiger partial charge in [0.2, 0.25) is 5.91 Å². The molecule has 1 saturated heterocycles. The number of anilines is 1. The maximum absolute atomic E-state index is 13.9. The predicted molar refractivity (Wildman–Crippen MR) is 101 cm³/mol. The fourth-order valence-electron chi connectivity index (χ4n) is 3.76. The first kappa shape index (κ1) is 17.6. The molecule has 28 heavy (non-hydrogen) atoms. The summed E-state index contributed by atoms with van der Waals surface area (Å²) in [6.45, 7) is 0.421. The van der Waals surface area contributed by atoms with Crippen LogP contribution in [0, 0.1) is 0 Å². The zero-order valence-electron chi connectivity index (χ0n) is 14.2. The maximum Gasteiger partial charge on any atom is 0.417 e. The van der Waals surface area contributed by atoms with Crippen LogP contribution in [-0.4, -0.2) is 34.3 Å². The Kier molecular flexibility index (Phi) is 3.79. The zero-order chi connectivity index (χ0) is 19.6. The molecular formula is C18H12F3N3O2S2. The molecule has 10 heteroatoms. The van der Waals surface area contributed by atoms with Gasteiger partial charge in [-0.15, -0.1) is 22.7 Å². The van der Waals surface area contributed by atoms with Gasteiger partial charge in [-0.05, 0) is 30.4 Å². The lowest BCUT2D eigenvalue weighted by Gasteiger charge is -2.19. The first-order chi connectivity index (χ1) is 13.3. The summed E-state index contributed by atoms with van der Waals surface area (Å²) in [5.74, 6) is -0.857. The standard InChI is InChI=1S/C18H12F3N3O2S2/c19-18(20,21)8-7-9(11-4-2-6-27-11)22-16-12(8)13-14(28-16)17(26)24-5-1-3-10(24)15(25)23-13/h2,4,6-7,10H,1,3,5H2,(H,23,25)/t10-/m1/s1. The van der Waals surface area contributed by atoms with E-state index in [-0.39, 0.29) is 26.5 Å². The number of carbonyl (C=O) groups excluding carboxylic acids is 2. The van der Waals surface area contributed by atoms with Crippen LogP contribution in [0.1, 0.15) is 28.1 Å². The largest absolute Gasteiger partial charge is 0.417 e. The Bertz CT molecular complexity index is 1120. The van der Waals surface area contributed by atoms with Crippen molar-refractivity contribution >= 4 is 50.4 Å². The number of nitrogens with one attached hydrogen (secondary N) is 1. The lowest BCUT2D eigenvalue weighted by molar-refractivity contribution is -0.136. The fourth-order valence-corrected chi connectivity index (χ4v) is 5.56. The first-order valence-corrected chi connectivity index (χ1v) is 10.2. The molecule has 144 valence electrons. The van der Waals surface area contributed by atoms with E-state index in [1.807, 2.05) is 0 Å². The monoisotopic (exact) mass is 423 g/mol. The van der Waals surface area contributed by atoms with Crippen LogP contribution in [0.2, 0.25) is 0 Å². The number of rotatable bonds is 1. The van der Waals surface area contributed by atoms with E-state index in [0.29, 0.717) is 24.3 Å². The van der Waals surface area contributed by atoms with Crippen LogP contribution >= 0.6 is 22.7 Å². The van der Waals surface area contributed by atoms with Gasteiger partial charge in [0.1, 0.15) is 15.7 Å². The highest BCUT2D eigenvalue weighted by molar-refractivity contribution is 7.21. The maximum atomic E-state index is 13.9. The van der Waals surface area contributed by atoms with Crippen molar-refractivity contribution in [3.05, 3.63) is 34.0 Å². The van der Waals surface area contributed by atoms with Crippen molar-refractivity contribution in [3.8, 4) is 10.6 Å². The van der Waals surface area contributed by atoms with E-state index in [4.69, 9.17) is 0 Å². The van der Waals surface area contributed by atoms with Crippen molar-refractivity contribution in [1.82, 2.24) is 9.88 Å². The van der Waals surface area contributed by atoms with Crippen molar-refractivity contribution < 1.29 is 22.8 Å². The van der Waals surface area contributed by atoms with E-state index in [2.05, 4.69) is 10.3 Å². The highest BCUT2D eigenvalue weighted by atomic mass is 32.1. The molecular weight excluding hydrogens is 411 g/mol. The van der Waals surface area contributed by atoms with Gasteiger partial charge in [-0.3, -0.25) is 9.59 Å². The number of carbonyl (C=O) groups is 2. The second-order valence-electron chi connectivity index (χ2n) is 6.66. The zero-order valence-corrected chi connectivity index (χ0v) is 15.8. The van der Waals surface area contributed by atoms with Crippen LogP contribution in [0.15, 0.2) is 23.6 Å². The number of halogens is 3. The number of fused-ring (bicyclic) bond motifs is 4. The number of nitrogens with zero attached hydrogens (tertiary/aromatic N) is 2. The van der Waals surface area contributed by atoms with E-state index in [0.717, 1.165) is 17.4 Å². The molecule has 0 radical (unpaired) electrons. The number of thiophene rings is 2. The van der Waals surface area contributed by atoms with Gasteiger partial charge in [-0.1, -0.05) is 6.07 Å². The molecule has 3 aromatic heterocycles. The highest BCUT2D eigenvalue weighted by Crippen LogP contribution is 2.46. The van der Waals surface area contributed by atoms with Gasteiger partial charge in [0.25, 0.3) is 5.91 Å². The third-order valence-corrected chi connectivity index (χ3v) is 6.96. The smallest absolute Gasteiger partial charge is 0.326 e. The van der Waals surface area contributed by atoms with Gasteiger partial charge in [0, 0.05) is 11.9 Å². The average Bonchev–Trinajstić information content (AvgIpc) is 3.38. The summed E-state index contributed by atoms with van der Waals surface area (Å²) < 4.78 is 41.7. The lowest BCUT2D eigenvalue weighted by Crippen LogP contribution is -2.40. The summed E-state index contributed by atoms with van der Waals surface area (Å²) >= 11 is 2.19. The van der Waals surface area contributed by atoms with Crippen LogP contribution in [-0.2, 0) is 11.0 Å². The molecule has 0 bridgehead atoms. The quantitative estimate of drug-likeness (QED) is 0.622. The summed E-state index contributed by atoms with van der Waals surface area (Å²) in [7, 11) is 0. The lowest BCUT2D eigenvalue weighted by atomic mass is 10.1. The third kappa shape index (κ3) is 2.55. The molecule has 0 aliphatic carbocycles. The fraction of sp³-hybridized carbons (Fsp3) is 0.278. The average molecular weight is 423 g/mol. The molecule has 2 aliphatic rings. The molecule has 2 amide bonds. The van der Waals surface area contributed by atoms with Gasteiger partial charge >= 0.3 is 6.18 Å². The van der Waals surface area contributed by atoms with Crippen molar-refractivity contribution in [2.75, 3.05) is 11.9 Å². The number of amides is 2. The van der Waals surface area contributed by atoms with E-state index >= 15 is 0 Å². The first-order valence-electron chi connectivity index (χ1n) is 8.55. The normalized spacial score (nSPS) is 19.5. The molecule has 5 heterocycles. The van der Waals surface area contributed by atoms with Crippen LogP contribution in [0.3, 0.4) is 0 Å². The molecule has 1 N–H and O–H groups in total. The summed E-state index contributed by atoms with van der Waals surface area (Å²) in [5, 5.41) is 4.13. The Morgan fingerprint density at radius 2 is 2.11 bits per heavy atom. The van der Waals surface area contributed by atoms with Crippen molar-refractivity contribution in [2.45, 2.75) is 25.1 Å². The van der Waals surface area contributed by atoms with Crippen LogP contribution in [0.5, 0.6) is 0 Å². The topological polar surface area (TPSA) is 62.3 Å². The SMILES string of the molecule is O=C1Nc2c(sc3nc(-c4cccs4)cc(C(F)(F)F)c23)C(=O)N2CCC[C@H]12. The number of hydrogen-bond donors (Lipinski definition) is 1. The Labute approximate surface area is 164 Å². The van der Waals surface area contributed by atoms with Gasteiger partial charge in [-0.25, -0.2) is 4.98 Å². The van der Waals surface area contributed by atoms with Crippen LogP contribution in [0.4, 0.5) is 18.9 Å². The highest BCUT2D eigenvalue weighted by Gasteiger charge is 2.43. The molecule has 0 aromatic carbocycles. The van der Waals surface area contributed by atoms with Gasteiger partial charge in [0.05, 0.1) is 21.8 Å². The van der Waals surface area contributed by atoms with Gasteiger partial charge < -0.3 is 10.2 Å². The van der Waals surface area contributed by atoms with Crippen molar-refractivity contribution in [2.24, 2.45) is 0 Å². The molecule has 0 saturated carbocycles. The minimum atomic E-state index is -4.65. The molecule has 0 unspecified atom stereocenters. The van der Waals surface area contributed by atoms with Crippen LogP contribution in [0.25, 0.3) is 20.8 Å². The molecule has 1 atom stereocenters. The van der Waals surface area contributed by atoms with E-state index in [9.17, 15) is 22.8 Å². The number of pyridine rings is 1. The molecule has 2 aliphatic heterocycles. The van der Waals surface area contributed by atoms with Crippen molar-refractivity contribution in [1.29, 1.82) is 0 Å². The Morgan fingerprint density at radius 1 is 1.29 bits per heavy atom. The molecule has 3 aromatic rings. The molecule has 5 rings (SSSR count). The number of hydrogen-bond acceptors (Lipinski definition) is 5. The molecule has 0 spiro atoms.